The standard InChI is InChI=1S/C15H18N4O3/c20-12-15(17-13(21)16-12,11-7-3-1-4-8-11)18-14(22)19-9-5-2-6-10-19/h1,3-4,7-8H,2,5-6,9-10H2,(H,18,22)(H2,16,17,20,21). The van der Waals surface area contributed by atoms with Crippen LogP contribution in [0.25, 0.3) is 0 Å². The molecule has 0 aromatic heterocycles. The Labute approximate surface area is 128 Å². The lowest BCUT2D eigenvalue weighted by atomic mass is 9.99. The second kappa shape index (κ2) is 5.67. The number of benzene rings is 1. The van der Waals surface area contributed by atoms with Gasteiger partial charge in [-0.3, -0.25) is 10.1 Å². The van der Waals surface area contributed by atoms with Crippen molar-refractivity contribution in [3.63, 3.8) is 0 Å². The Hall–Kier alpha value is -2.57. The van der Waals surface area contributed by atoms with Crippen molar-refractivity contribution in [2.24, 2.45) is 0 Å². The first-order valence-electron chi connectivity index (χ1n) is 7.38. The molecular weight excluding hydrogens is 284 g/mol. The Kier molecular flexibility index (Phi) is 3.70. The molecule has 1 aromatic rings. The van der Waals surface area contributed by atoms with Crippen LogP contribution < -0.4 is 16.0 Å². The van der Waals surface area contributed by atoms with Gasteiger partial charge in [-0.15, -0.1) is 0 Å². The van der Waals surface area contributed by atoms with Gasteiger partial charge in [-0.1, -0.05) is 30.3 Å². The van der Waals surface area contributed by atoms with Crippen molar-refractivity contribution in [1.29, 1.82) is 0 Å². The van der Waals surface area contributed by atoms with Crippen molar-refractivity contribution in [2.45, 2.75) is 24.9 Å². The summed E-state index contributed by atoms with van der Waals surface area (Å²) in [6, 6.07) is 7.74. The predicted octanol–water partition coefficient (Wildman–Crippen LogP) is 0.874. The molecule has 0 bridgehead atoms. The molecule has 0 saturated carbocycles. The van der Waals surface area contributed by atoms with E-state index in [1.54, 1.807) is 35.2 Å². The highest BCUT2D eigenvalue weighted by molar-refractivity contribution is 6.08. The first kappa shape index (κ1) is 14.4. The van der Waals surface area contributed by atoms with Crippen LogP contribution in [0.1, 0.15) is 24.8 Å². The minimum absolute atomic E-state index is 0.346. The maximum atomic E-state index is 12.5. The molecule has 2 heterocycles. The molecule has 1 unspecified atom stereocenters. The number of imide groups is 1. The van der Waals surface area contributed by atoms with E-state index in [-0.39, 0.29) is 6.03 Å². The molecule has 2 aliphatic heterocycles. The molecule has 116 valence electrons. The molecule has 5 amide bonds. The summed E-state index contributed by atoms with van der Waals surface area (Å²) in [4.78, 5) is 38.0. The highest BCUT2D eigenvalue weighted by Crippen LogP contribution is 2.23. The molecule has 0 radical (unpaired) electrons. The van der Waals surface area contributed by atoms with Gasteiger partial charge in [0.15, 0.2) is 0 Å². The van der Waals surface area contributed by atoms with Gasteiger partial charge in [0.05, 0.1) is 0 Å². The summed E-state index contributed by atoms with van der Waals surface area (Å²) in [6.07, 6.45) is 3.00. The summed E-state index contributed by atoms with van der Waals surface area (Å²) in [5, 5.41) is 7.44. The molecule has 0 aliphatic carbocycles. The third kappa shape index (κ3) is 2.49. The lowest BCUT2D eigenvalue weighted by Crippen LogP contribution is -2.61. The second-order valence-electron chi connectivity index (χ2n) is 5.50. The van der Waals surface area contributed by atoms with Gasteiger partial charge in [-0.2, -0.15) is 0 Å². The van der Waals surface area contributed by atoms with Crippen LogP contribution in [0.3, 0.4) is 0 Å². The van der Waals surface area contributed by atoms with Crippen LogP contribution in [0.4, 0.5) is 9.59 Å². The first-order valence-corrected chi connectivity index (χ1v) is 7.38. The average Bonchev–Trinajstić information content (AvgIpc) is 2.84. The summed E-state index contributed by atoms with van der Waals surface area (Å²) < 4.78 is 0. The van der Waals surface area contributed by atoms with Crippen molar-refractivity contribution in [3.05, 3.63) is 35.9 Å². The fraction of sp³-hybridized carbons (Fsp3) is 0.400. The lowest BCUT2D eigenvalue weighted by Gasteiger charge is -2.33. The summed E-state index contributed by atoms with van der Waals surface area (Å²) in [7, 11) is 0. The Bertz CT molecular complexity index is 598. The Morgan fingerprint density at radius 3 is 2.36 bits per heavy atom. The fourth-order valence-corrected chi connectivity index (χ4v) is 2.84. The van der Waals surface area contributed by atoms with Crippen LogP contribution in [-0.4, -0.2) is 36.0 Å². The fourth-order valence-electron chi connectivity index (χ4n) is 2.84. The van der Waals surface area contributed by atoms with Crippen LogP contribution in [0.5, 0.6) is 0 Å². The maximum Gasteiger partial charge on any atom is 0.324 e. The second-order valence-corrected chi connectivity index (χ2v) is 5.50. The summed E-state index contributed by atoms with van der Waals surface area (Å²) in [5.41, 5.74) is -1.03. The SMILES string of the molecule is O=C1NC(=O)C(NC(=O)N2CCCCC2)(c2ccccc2)N1. The highest BCUT2D eigenvalue weighted by Gasteiger charge is 2.49. The van der Waals surface area contributed by atoms with Gasteiger partial charge in [-0.25, -0.2) is 9.59 Å². The molecule has 7 heteroatoms. The largest absolute Gasteiger partial charge is 0.325 e. The van der Waals surface area contributed by atoms with Crippen LogP contribution >= 0.6 is 0 Å². The summed E-state index contributed by atoms with van der Waals surface area (Å²) >= 11 is 0. The smallest absolute Gasteiger partial charge is 0.324 e. The third-order valence-electron chi connectivity index (χ3n) is 4.01. The minimum Gasteiger partial charge on any atom is -0.325 e. The summed E-state index contributed by atoms with van der Waals surface area (Å²) in [6.45, 7) is 1.32. The van der Waals surface area contributed by atoms with E-state index in [1.165, 1.54) is 0 Å². The molecule has 2 fully saturated rings. The zero-order chi connectivity index (χ0) is 15.6. The molecule has 2 saturated heterocycles. The Morgan fingerprint density at radius 2 is 1.77 bits per heavy atom. The monoisotopic (exact) mass is 302 g/mol. The molecule has 1 aromatic carbocycles. The van der Waals surface area contributed by atoms with Gasteiger partial charge in [0.1, 0.15) is 0 Å². The van der Waals surface area contributed by atoms with E-state index in [0.717, 1.165) is 19.3 Å². The van der Waals surface area contributed by atoms with Crippen molar-refractivity contribution in [3.8, 4) is 0 Å². The number of amides is 5. The minimum atomic E-state index is -1.55. The predicted molar refractivity (Wildman–Crippen MR) is 78.8 cm³/mol. The molecule has 3 rings (SSSR count). The van der Waals surface area contributed by atoms with Crippen LogP contribution in [0.15, 0.2) is 30.3 Å². The van der Waals surface area contributed by atoms with E-state index < -0.39 is 17.6 Å². The van der Waals surface area contributed by atoms with Gasteiger partial charge in [-0.05, 0) is 19.3 Å². The van der Waals surface area contributed by atoms with Crippen LogP contribution in [0.2, 0.25) is 0 Å². The third-order valence-corrected chi connectivity index (χ3v) is 4.01. The number of nitrogens with zero attached hydrogens (tertiary/aromatic N) is 1. The zero-order valence-corrected chi connectivity index (χ0v) is 12.1. The average molecular weight is 302 g/mol. The van der Waals surface area contributed by atoms with Crippen molar-refractivity contribution >= 4 is 18.0 Å². The van der Waals surface area contributed by atoms with E-state index in [2.05, 4.69) is 16.0 Å². The summed E-state index contributed by atoms with van der Waals surface area (Å²) in [5.74, 6) is -0.575. The molecule has 3 N–H and O–H groups in total. The van der Waals surface area contributed by atoms with Crippen molar-refractivity contribution in [1.82, 2.24) is 20.9 Å². The number of carbonyl (C=O) groups excluding carboxylic acids is 3. The molecule has 1 atom stereocenters. The molecule has 7 nitrogen and oxygen atoms in total. The normalized spacial score (nSPS) is 24.6. The topological polar surface area (TPSA) is 90.5 Å². The number of piperidine rings is 1. The van der Waals surface area contributed by atoms with Gasteiger partial charge in [0.2, 0.25) is 5.66 Å². The number of hydrogen-bond acceptors (Lipinski definition) is 3. The Balaban J connectivity index is 1.88. The van der Waals surface area contributed by atoms with E-state index in [4.69, 9.17) is 0 Å². The van der Waals surface area contributed by atoms with E-state index in [1.807, 2.05) is 0 Å². The lowest BCUT2D eigenvalue weighted by molar-refractivity contribution is -0.125. The van der Waals surface area contributed by atoms with E-state index in [9.17, 15) is 14.4 Å². The van der Waals surface area contributed by atoms with E-state index in [0.29, 0.717) is 18.7 Å². The van der Waals surface area contributed by atoms with Gasteiger partial charge < -0.3 is 15.5 Å². The molecule has 22 heavy (non-hydrogen) atoms. The van der Waals surface area contributed by atoms with Crippen molar-refractivity contribution in [2.75, 3.05) is 13.1 Å². The maximum absolute atomic E-state index is 12.5. The number of nitrogens with one attached hydrogen (secondary N) is 3. The van der Waals surface area contributed by atoms with Crippen LogP contribution in [-0.2, 0) is 10.5 Å². The number of carbonyl (C=O) groups is 3. The zero-order valence-electron chi connectivity index (χ0n) is 12.1. The Morgan fingerprint density at radius 1 is 1.09 bits per heavy atom. The van der Waals surface area contributed by atoms with Crippen LogP contribution in [0, 0.1) is 0 Å². The van der Waals surface area contributed by atoms with Gasteiger partial charge >= 0.3 is 12.1 Å². The highest BCUT2D eigenvalue weighted by atomic mass is 16.2. The molecule has 2 aliphatic rings. The van der Waals surface area contributed by atoms with E-state index >= 15 is 0 Å². The number of likely N-dealkylation sites (tertiary alicyclic amines) is 1. The van der Waals surface area contributed by atoms with Gasteiger partial charge in [0.25, 0.3) is 5.91 Å². The van der Waals surface area contributed by atoms with Crippen molar-refractivity contribution < 1.29 is 14.4 Å². The van der Waals surface area contributed by atoms with Gasteiger partial charge in [0, 0.05) is 18.7 Å². The quantitative estimate of drug-likeness (QED) is 0.708. The molecular formula is C15H18N4O3. The first-order chi connectivity index (χ1) is 10.6. The number of hydrogen-bond donors (Lipinski definition) is 3. The number of urea groups is 2. The molecule has 0 spiro atoms. The number of rotatable bonds is 2.